The number of halogens is 1. The molecule has 0 saturated heterocycles. The fourth-order valence-corrected chi connectivity index (χ4v) is 5.19. The van der Waals surface area contributed by atoms with E-state index in [1.54, 1.807) is 24.3 Å². The third kappa shape index (κ3) is 9.23. The van der Waals surface area contributed by atoms with Gasteiger partial charge in [-0.3, -0.25) is 24.0 Å². The number of sulfonamides is 1. The van der Waals surface area contributed by atoms with Crippen molar-refractivity contribution in [3.05, 3.63) is 99.9 Å². The summed E-state index contributed by atoms with van der Waals surface area (Å²) in [5, 5.41) is 14.3. The van der Waals surface area contributed by atoms with Gasteiger partial charge in [0.2, 0.25) is 21.8 Å². The lowest BCUT2D eigenvalue weighted by atomic mass is 10.0. The predicted octanol–water partition coefficient (Wildman–Crippen LogP) is 3.92. The van der Waals surface area contributed by atoms with Crippen LogP contribution in [0.3, 0.4) is 0 Å². The van der Waals surface area contributed by atoms with Crippen LogP contribution in [0.15, 0.2) is 72.8 Å². The molecule has 13 heteroatoms. The van der Waals surface area contributed by atoms with Gasteiger partial charge in [-0.05, 0) is 35.2 Å². The van der Waals surface area contributed by atoms with Gasteiger partial charge in [-0.1, -0.05) is 56.3 Å². The number of non-ortho nitro benzene ring substituents is 1. The number of anilines is 1. The summed E-state index contributed by atoms with van der Waals surface area (Å²) >= 11 is 0. The SMILES string of the molecule is COc1ccc([N+](=O)[O-])cc1N(CC(=O)N(Cc1ccc(F)cc1)[C@H](Cc1ccccc1)C(=O)NCC(C)C)S(C)(=O)=O. The van der Waals surface area contributed by atoms with E-state index in [4.69, 9.17) is 4.74 Å². The number of nitrogens with one attached hydrogen (secondary N) is 1. The van der Waals surface area contributed by atoms with E-state index in [9.17, 15) is 32.5 Å². The molecule has 1 N–H and O–H groups in total. The molecule has 0 aliphatic heterocycles. The molecule has 11 nitrogen and oxygen atoms in total. The minimum atomic E-state index is -4.19. The first-order valence-electron chi connectivity index (χ1n) is 13.5. The van der Waals surface area contributed by atoms with Crippen molar-refractivity contribution in [3.8, 4) is 5.75 Å². The number of rotatable bonds is 14. The molecule has 3 aromatic rings. The van der Waals surface area contributed by atoms with Crippen LogP contribution in [0.25, 0.3) is 0 Å². The molecule has 0 heterocycles. The van der Waals surface area contributed by atoms with Gasteiger partial charge in [0.1, 0.15) is 29.8 Å². The van der Waals surface area contributed by atoms with Crippen LogP contribution in [0, 0.1) is 21.8 Å². The summed E-state index contributed by atoms with van der Waals surface area (Å²) in [5.74, 6) is -1.59. The molecule has 3 rings (SSSR count). The van der Waals surface area contributed by atoms with Crippen molar-refractivity contribution < 1.29 is 32.1 Å². The molecule has 0 aromatic heterocycles. The number of carbonyl (C=O) groups is 2. The zero-order valence-electron chi connectivity index (χ0n) is 24.4. The van der Waals surface area contributed by atoms with Crippen molar-refractivity contribution in [1.82, 2.24) is 10.2 Å². The Morgan fingerprint density at radius 3 is 2.23 bits per heavy atom. The quantitative estimate of drug-likeness (QED) is 0.215. The largest absolute Gasteiger partial charge is 0.495 e. The lowest BCUT2D eigenvalue weighted by Gasteiger charge is -2.33. The minimum Gasteiger partial charge on any atom is -0.495 e. The van der Waals surface area contributed by atoms with Crippen molar-refractivity contribution in [3.63, 3.8) is 0 Å². The summed E-state index contributed by atoms with van der Waals surface area (Å²) < 4.78 is 45.7. The molecule has 0 unspecified atom stereocenters. The van der Waals surface area contributed by atoms with E-state index in [1.807, 2.05) is 19.9 Å². The molecule has 0 aliphatic rings. The Morgan fingerprint density at radius 1 is 1.02 bits per heavy atom. The minimum absolute atomic E-state index is 0.00979. The molecule has 0 spiro atoms. The average Bonchev–Trinajstić information content (AvgIpc) is 2.96. The van der Waals surface area contributed by atoms with E-state index >= 15 is 0 Å². The summed E-state index contributed by atoms with van der Waals surface area (Å²) in [4.78, 5) is 39.8. The molecule has 0 fully saturated rings. The van der Waals surface area contributed by atoms with Crippen molar-refractivity contribution >= 4 is 33.2 Å². The van der Waals surface area contributed by atoms with Crippen LogP contribution in [0.4, 0.5) is 15.8 Å². The second-order valence-corrected chi connectivity index (χ2v) is 12.3. The first kappa shape index (κ1) is 33.0. The van der Waals surface area contributed by atoms with Gasteiger partial charge in [0, 0.05) is 31.6 Å². The summed E-state index contributed by atoms with van der Waals surface area (Å²) in [7, 11) is -2.93. The summed E-state index contributed by atoms with van der Waals surface area (Å²) in [5.41, 5.74) is 0.640. The zero-order valence-corrected chi connectivity index (χ0v) is 25.2. The van der Waals surface area contributed by atoms with Crippen LogP contribution in [0.1, 0.15) is 25.0 Å². The Balaban J connectivity index is 2.11. The van der Waals surface area contributed by atoms with Crippen LogP contribution in [0.5, 0.6) is 5.75 Å². The predicted molar refractivity (Wildman–Crippen MR) is 161 cm³/mol. The van der Waals surface area contributed by atoms with Gasteiger partial charge in [-0.25, -0.2) is 12.8 Å². The van der Waals surface area contributed by atoms with E-state index in [2.05, 4.69) is 5.32 Å². The highest BCUT2D eigenvalue weighted by atomic mass is 32.2. The highest BCUT2D eigenvalue weighted by Crippen LogP contribution is 2.34. The number of hydrogen-bond donors (Lipinski definition) is 1. The number of hydrogen-bond acceptors (Lipinski definition) is 7. The summed E-state index contributed by atoms with van der Waals surface area (Å²) in [6, 6.07) is 16.7. The molecule has 43 heavy (non-hydrogen) atoms. The van der Waals surface area contributed by atoms with Gasteiger partial charge >= 0.3 is 0 Å². The second kappa shape index (κ2) is 14.6. The van der Waals surface area contributed by atoms with E-state index in [0.717, 1.165) is 24.0 Å². The van der Waals surface area contributed by atoms with E-state index < -0.39 is 50.9 Å². The third-order valence-corrected chi connectivity index (χ3v) is 7.67. The van der Waals surface area contributed by atoms with Crippen LogP contribution in [-0.2, 0) is 32.6 Å². The van der Waals surface area contributed by atoms with Gasteiger partial charge in [-0.2, -0.15) is 0 Å². The Kier molecular flexibility index (Phi) is 11.2. The first-order chi connectivity index (χ1) is 20.3. The van der Waals surface area contributed by atoms with Crippen LogP contribution in [-0.4, -0.2) is 62.6 Å². The fraction of sp³-hybridized carbons (Fsp3) is 0.333. The number of methoxy groups -OCH3 is 1. The highest BCUT2D eigenvalue weighted by Gasteiger charge is 2.34. The third-order valence-electron chi connectivity index (χ3n) is 6.54. The molecule has 0 radical (unpaired) electrons. The fourth-order valence-electron chi connectivity index (χ4n) is 4.34. The monoisotopic (exact) mass is 614 g/mol. The Bertz CT molecular complexity index is 1530. The molecule has 0 bridgehead atoms. The molecule has 0 saturated carbocycles. The zero-order chi connectivity index (χ0) is 31.7. The second-order valence-electron chi connectivity index (χ2n) is 10.4. The normalized spacial score (nSPS) is 12.0. The number of nitro groups is 1. The molecule has 2 amide bonds. The lowest BCUT2D eigenvalue weighted by Crippen LogP contribution is -2.53. The number of benzene rings is 3. The topological polar surface area (TPSA) is 139 Å². The van der Waals surface area contributed by atoms with Gasteiger partial charge in [0.05, 0.1) is 18.3 Å². The number of nitro benzene ring substituents is 1. The first-order valence-corrected chi connectivity index (χ1v) is 15.3. The molecule has 1 atom stereocenters. The Morgan fingerprint density at radius 2 is 1.67 bits per heavy atom. The number of amides is 2. The van der Waals surface area contributed by atoms with Crippen LogP contribution >= 0.6 is 0 Å². The van der Waals surface area contributed by atoms with Crippen molar-refractivity contribution in [2.24, 2.45) is 5.92 Å². The van der Waals surface area contributed by atoms with Crippen molar-refractivity contribution in [2.45, 2.75) is 32.9 Å². The van der Waals surface area contributed by atoms with Gasteiger partial charge in [0.15, 0.2) is 0 Å². The molecule has 0 aliphatic carbocycles. The average molecular weight is 615 g/mol. The molecular weight excluding hydrogens is 579 g/mol. The van der Waals surface area contributed by atoms with Gasteiger partial charge < -0.3 is 15.0 Å². The van der Waals surface area contributed by atoms with Gasteiger partial charge in [-0.15, -0.1) is 0 Å². The van der Waals surface area contributed by atoms with E-state index in [-0.39, 0.29) is 30.3 Å². The highest BCUT2D eigenvalue weighted by molar-refractivity contribution is 7.92. The Labute approximate surface area is 250 Å². The maximum absolute atomic E-state index is 14.1. The van der Waals surface area contributed by atoms with E-state index in [0.29, 0.717) is 16.4 Å². The van der Waals surface area contributed by atoms with Crippen LogP contribution < -0.4 is 14.4 Å². The van der Waals surface area contributed by atoms with E-state index in [1.165, 1.54) is 42.3 Å². The number of ether oxygens (including phenoxy) is 1. The smallest absolute Gasteiger partial charge is 0.271 e. The maximum Gasteiger partial charge on any atom is 0.271 e. The standard InChI is InChI=1S/C30H35FN4O7S/c1-21(2)18-32-30(37)27(16-22-8-6-5-7-9-22)33(19-23-10-12-24(31)13-11-23)29(36)20-34(43(4,40)41)26-17-25(35(38)39)14-15-28(26)42-3/h5-15,17,21,27H,16,18-20H2,1-4H3,(H,32,37)/t27-/m1/s1. The number of nitrogens with zero attached hydrogens (tertiary/aromatic N) is 3. The molecular formula is C30H35FN4O7S. The summed E-state index contributed by atoms with van der Waals surface area (Å²) in [6.07, 6.45) is 0.969. The lowest BCUT2D eigenvalue weighted by molar-refractivity contribution is -0.384. The molecule has 3 aromatic carbocycles. The summed E-state index contributed by atoms with van der Waals surface area (Å²) in [6.45, 7) is 3.24. The Hall–Kier alpha value is -4.52. The maximum atomic E-state index is 14.1. The molecule has 230 valence electrons. The van der Waals surface area contributed by atoms with Crippen LogP contribution in [0.2, 0.25) is 0 Å². The van der Waals surface area contributed by atoms with Gasteiger partial charge in [0.25, 0.3) is 5.69 Å². The number of carbonyl (C=O) groups excluding carboxylic acids is 2. The van der Waals surface area contributed by atoms with Crippen molar-refractivity contribution in [1.29, 1.82) is 0 Å². The van der Waals surface area contributed by atoms with Crippen molar-refractivity contribution in [2.75, 3.05) is 30.8 Å².